The molecule has 0 aliphatic heterocycles. The average Bonchev–Trinajstić information content (AvgIpc) is 2.95. The highest BCUT2D eigenvalue weighted by molar-refractivity contribution is 5.83. The van der Waals surface area contributed by atoms with E-state index in [0.717, 1.165) is 16.7 Å². The van der Waals surface area contributed by atoms with E-state index in [1.54, 1.807) is 26.8 Å². The Labute approximate surface area is 240 Å². The molecular formula is C33H36FN3O4. The Morgan fingerprint density at radius 2 is 1.54 bits per heavy atom. The summed E-state index contributed by atoms with van der Waals surface area (Å²) in [6.07, 6.45) is 0.683. The van der Waals surface area contributed by atoms with E-state index in [9.17, 15) is 4.79 Å². The van der Waals surface area contributed by atoms with Gasteiger partial charge in [-0.05, 0) is 51.0 Å². The fourth-order valence-corrected chi connectivity index (χ4v) is 4.04. The molecule has 1 aromatic heterocycles. The van der Waals surface area contributed by atoms with Crippen LogP contribution in [0.1, 0.15) is 56.0 Å². The summed E-state index contributed by atoms with van der Waals surface area (Å²) in [5.41, 5.74) is 2.65. The molecule has 0 saturated carbocycles. The maximum absolute atomic E-state index is 15.2. The third-order valence-electron chi connectivity index (χ3n) is 6.12. The summed E-state index contributed by atoms with van der Waals surface area (Å²) in [4.78, 5) is 16.1. The number of benzene rings is 3. The molecule has 1 atom stereocenters. The molecule has 1 heterocycles. The summed E-state index contributed by atoms with van der Waals surface area (Å²) in [7, 11) is 0. The molecule has 0 aliphatic rings. The van der Waals surface area contributed by atoms with Crippen molar-refractivity contribution in [2.24, 2.45) is 0 Å². The van der Waals surface area contributed by atoms with Crippen molar-refractivity contribution in [3.8, 4) is 11.5 Å². The number of carbonyl (C=O) groups excluding carboxylic acids is 1. The SMILES string of the molecule is CC(NCc1ccnc(NC(=O)OC(C)(C)C)c1F)c1ccc(OCc2ccccc2)cc1OCc1ccccc1. The molecule has 0 aliphatic carbocycles. The molecule has 4 aromatic rings. The van der Waals surface area contributed by atoms with Crippen molar-refractivity contribution in [1.82, 2.24) is 10.3 Å². The number of carbonyl (C=O) groups is 1. The monoisotopic (exact) mass is 557 g/mol. The van der Waals surface area contributed by atoms with Crippen molar-refractivity contribution >= 4 is 11.9 Å². The highest BCUT2D eigenvalue weighted by atomic mass is 19.1. The van der Waals surface area contributed by atoms with Crippen LogP contribution in [-0.4, -0.2) is 16.7 Å². The summed E-state index contributed by atoms with van der Waals surface area (Å²) in [5.74, 6) is 0.550. The molecule has 0 saturated heterocycles. The van der Waals surface area contributed by atoms with Crippen LogP contribution in [0, 0.1) is 5.82 Å². The van der Waals surface area contributed by atoms with Crippen LogP contribution in [-0.2, 0) is 24.5 Å². The van der Waals surface area contributed by atoms with Crippen LogP contribution in [0.25, 0.3) is 0 Å². The van der Waals surface area contributed by atoms with Gasteiger partial charge in [0.05, 0.1) is 0 Å². The molecule has 0 radical (unpaired) electrons. The number of pyridine rings is 1. The van der Waals surface area contributed by atoms with E-state index in [1.807, 2.05) is 85.8 Å². The van der Waals surface area contributed by atoms with Gasteiger partial charge in [-0.1, -0.05) is 66.7 Å². The van der Waals surface area contributed by atoms with Gasteiger partial charge in [0.2, 0.25) is 0 Å². The molecule has 4 rings (SSSR count). The van der Waals surface area contributed by atoms with Gasteiger partial charge < -0.3 is 19.5 Å². The topological polar surface area (TPSA) is 81.7 Å². The zero-order valence-electron chi connectivity index (χ0n) is 23.8. The number of ether oxygens (including phenoxy) is 3. The van der Waals surface area contributed by atoms with Crippen molar-refractivity contribution in [3.05, 3.63) is 119 Å². The lowest BCUT2D eigenvalue weighted by molar-refractivity contribution is 0.0634. The van der Waals surface area contributed by atoms with E-state index in [4.69, 9.17) is 14.2 Å². The number of hydrogen-bond acceptors (Lipinski definition) is 6. The lowest BCUT2D eigenvalue weighted by atomic mass is 10.1. The summed E-state index contributed by atoms with van der Waals surface area (Å²) in [6, 6.07) is 27.0. The average molecular weight is 558 g/mol. The summed E-state index contributed by atoms with van der Waals surface area (Å²) in [6.45, 7) is 8.21. The van der Waals surface area contributed by atoms with E-state index in [1.165, 1.54) is 6.20 Å². The maximum Gasteiger partial charge on any atom is 0.413 e. The lowest BCUT2D eigenvalue weighted by Gasteiger charge is -2.21. The van der Waals surface area contributed by atoms with Gasteiger partial charge in [0.15, 0.2) is 11.6 Å². The predicted molar refractivity (Wildman–Crippen MR) is 157 cm³/mol. The molecule has 3 aromatic carbocycles. The predicted octanol–water partition coefficient (Wildman–Crippen LogP) is 7.58. The van der Waals surface area contributed by atoms with Crippen molar-refractivity contribution in [2.75, 3.05) is 5.32 Å². The molecule has 0 bridgehead atoms. The van der Waals surface area contributed by atoms with E-state index in [2.05, 4.69) is 15.6 Å². The number of aromatic nitrogens is 1. The molecule has 8 heteroatoms. The van der Waals surface area contributed by atoms with E-state index < -0.39 is 17.5 Å². The number of rotatable bonds is 11. The Morgan fingerprint density at radius 1 is 0.902 bits per heavy atom. The fraction of sp³-hybridized carbons (Fsp3) is 0.273. The number of halogens is 1. The maximum atomic E-state index is 15.2. The number of nitrogens with zero attached hydrogens (tertiary/aromatic N) is 1. The molecule has 41 heavy (non-hydrogen) atoms. The molecule has 7 nitrogen and oxygen atoms in total. The minimum atomic E-state index is -0.767. The number of anilines is 1. The third kappa shape index (κ3) is 9.05. The molecule has 1 unspecified atom stereocenters. The highest BCUT2D eigenvalue weighted by Crippen LogP contribution is 2.31. The Bertz CT molecular complexity index is 1430. The smallest absolute Gasteiger partial charge is 0.413 e. The van der Waals surface area contributed by atoms with Gasteiger partial charge in [-0.15, -0.1) is 0 Å². The Kier molecular flexibility index (Phi) is 9.92. The molecule has 0 spiro atoms. The summed E-state index contributed by atoms with van der Waals surface area (Å²) in [5, 5.41) is 5.75. The van der Waals surface area contributed by atoms with Crippen LogP contribution in [0.5, 0.6) is 11.5 Å². The van der Waals surface area contributed by atoms with Crippen LogP contribution >= 0.6 is 0 Å². The van der Waals surface area contributed by atoms with Crippen LogP contribution in [0.4, 0.5) is 15.0 Å². The van der Waals surface area contributed by atoms with E-state index in [0.29, 0.717) is 30.3 Å². The minimum Gasteiger partial charge on any atom is -0.489 e. The minimum absolute atomic E-state index is 0.182. The third-order valence-corrected chi connectivity index (χ3v) is 6.12. The Balaban J connectivity index is 1.47. The summed E-state index contributed by atoms with van der Waals surface area (Å²) >= 11 is 0. The fourth-order valence-electron chi connectivity index (χ4n) is 4.04. The van der Waals surface area contributed by atoms with Gasteiger partial charge in [0, 0.05) is 36.0 Å². The first kappa shape index (κ1) is 29.6. The lowest BCUT2D eigenvalue weighted by Crippen LogP contribution is -2.28. The first-order valence-corrected chi connectivity index (χ1v) is 13.5. The van der Waals surface area contributed by atoms with Crippen LogP contribution in [0.2, 0.25) is 0 Å². The van der Waals surface area contributed by atoms with E-state index >= 15 is 4.39 Å². The standard InChI is InChI=1S/C33H36FN3O4/c1-23(36-20-26-17-18-35-31(30(26)34)37-32(38)41-33(2,3)4)28-16-15-27(39-21-24-11-7-5-8-12-24)19-29(28)40-22-25-13-9-6-10-14-25/h5-19,23,36H,20-22H2,1-4H3,(H,35,37,38). The van der Waals surface area contributed by atoms with Crippen LogP contribution < -0.4 is 20.1 Å². The molecule has 1 amide bonds. The van der Waals surface area contributed by atoms with Crippen molar-refractivity contribution in [1.29, 1.82) is 0 Å². The molecule has 214 valence electrons. The largest absolute Gasteiger partial charge is 0.489 e. The van der Waals surface area contributed by atoms with Crippen LogP contribution in [0.3, 0.4) is 0 Å². The van der Waals surface area contributed by atoms with Gasteiger partial charge in [-0.3, -0.25) is 5.32 Å². The van der Waals surface area contributed by atoms with Crippen molar-refractivity contribution in [2.45, 2.75) is 59.1 Å². The first-order chi connectivity index (χ1) is 19.7. The van der Waals surface area contributed by atoms with Gasteiger partial charge >= 0.3 is 6.09 Å². The number of nitrogens with one attached hydrogen (secondary N) is 2. The van der Waals surface area contributed by atoms with Gasteiger partial charge in [0.25, 0.3) is 0 Å². The second kappa shape index (κ2) is 13.8. The van der Waals surface area contributed by atoms with E-state index in [-0.39, 0.29) is 18.4 Å². The van der Waals surface area contributed by atoms with Gasteiger partial charge in [-0.2, -0.15) is 0 Å². The van der Waals surface area contributed by atoms with Crippen LogP contribution in [0.15, 0.2) is 91.1 Å². The van der Waals surface area contributed by atoms with Gasteiger partial charge in [0.1, 0.15) is 30.3 Å². The normalized spacial score (nSPS) is 11.9. The zero-order valence-corrected chi connectivity index (χ0v) is 23.8. The zero-order chi connectivity index (χ0) is 29.2. The quantitative estimate of drug-likeness (QED) is 0.198. The van der Waals surface area contributed by atoms with Crippen molar-refractivity contribution in [3.63, 3.8) is 0 Å². The number of amides is 1. The second-order valence-electron chi connectivity index (χ2n) is 10.6. The summed E-state index contributed by atoms with van der Waals surface area (Å²) < 4.78 is 32.7. The van der Waals surface area contributed by atoms with Crippen molar-refractivity contribution < 1.29 is 23.4 Å². The van der Waals surface area contributed by atoms with Gasteiger partial charge in [-0.25, -0.2) is 14.2 Å². The highest BCUT2D eigenvalue weighted by Gasteiger charge is 2.20. The Morgan fingerprint density at radius 3 is 2.17 bits per heavy atom. The molecule has 2 N–H and O–H groups in total. The Hall–Kier alpha value is -4.43. The number of hydrogen-bond donors (Lipinski definition) is 2. The second-order valence-corrected chi connectivity index (χ2v) is 10.6. The first-order valence-electron chi connectivity index (χ1n) is 13.5. The molecular weight excluding hydrogens is 521 g/mol. The molecule has 0 fully saturated rings.